The van der Waals surface area contributed by atoms with Crippen molar-refractivity contribution in [2.75, 3.05) is 10.6 Å². The van der Waals surface area contributed by atoms with Gasteiger partial charge in [0.2, 0.25) is 0 Å². The van der Waals surface area contributed by atoms with Gasteiger partial charge in [-0.1, -0.05) is 47.0 Å². The van der Waals surface area contributed by atoms with Gasteiger partial charge in [-0.15, -0.1) is 0 Å². The highest BCUT2D eigenvalue weighted by Crippen LogP contribution is 2.34. The summed E-state index contributed by atoms with van der Waals surface area (Å²) >= 11 is 0. The van der Waals surface area contributed by atoms with Gasteiger partial charge < -0.3 is 10.6 Å². The second kappa shape index (κ2) is 7.35. The molecule has 2 N–H and O–H groups in total. The lowest BCUT2D eigenvalue weighted by Crippen LogP contribution is -2.02. The number of fused-ring (bicyclic) bond motifs is 1. The average Bonchev–Trinajstić information content (AvgIpc) is 2.69. The summed E-state index contributed by atoms with van der Waals surface area (Å²) in [6, 6.07) is 23.2. The van der Waals surface area contributed by atoms with Crippen LogP contribution in [0.5, 0.6) is 0 Å². The molecule has 28 heavy (non-hydrogen) atoms. The fourth-order valence-electron chi connectivity index (χ4n) is 3.31. The van der Waals surface area contributed by atoms with Crippen molar-refractivity contribution in [1.29, 1.82) is 0 Å². The van der Waals surface area contributed by atoms with E-state index in [0.29, 0.717) is 0 Å². The molecule has 140 valence electrons. The van der Waals surface area contributed by atoms with E-state index >= 15 is 0 Å². The van der Waals surface area contributed by atoms with Crippen LogP contribution in [-0.2, 0) is 0 Å². The van der Waals surface area contributed by atoms with Gasteiger partial charge in [0.1, 0.15) is 5.82 Å². The summed E-state index contributed by atoms with van der Waals surface area (Å²) in [5.74, 6) is 0.870. The highest BCUT2D eigenvalue weighted by Gasteiger charge is 2.13. The molecule has 0 atom stereocenters. The zero-order valence-corrected chi connectivity index (χ0v) is 16.8. The standard InChI is InChI=1S/C25H25N3/c1-16-5-10-20(11-6-16)26-24-19(4)25(27-21-12-7-17(2)8-13-21)28-23-14-9-18(3)15-22(23)24/h5-15H,1-4H3,(H2,26,27,28). The van der Waals surface area contributed by atoms with Crippen LogP contribution >= 0.6 is 0 Å². The van der Waals surface area contributed by atoms with E-state index in [0.717, 1.165) is 39.3 Å². The van der Waals surface area contributed by atoms with Crippen LogP contribution in [0.15, 0.2) is 66.7 Å². The zero-order chi connectivity index (χ0) is 19.7. The first-order chi connectivity index (χ1) is 13.5. The largest absolute Gasteiger partial charge is 0.355 e. The number of aryl methyl sites for hydroxylation is 3. The molecule has 0 saturated heterocycles. The van der Waals surface area contributed by atoms with Crippen molar-refractivity contribution in [3.63, 3.8) is 0 Å². The molecule has 0 aliphatic heterocycles. The predicted molar refractivity (Wildman–Crippen MR) is 120 cm³/mol. The monoisotopic (exact) mass is 367 g/mol. The smallest absolute Gasteiger partial charge is 0.136 e. The predicted octanol–water partition coefficient (Wildman–Crippen LogP) is 6.96. The van der Waals surface area contributed by atoms with E-state index in [4.69, 9.17) is 4.98 Å². The molecule has 0 fully saturated rings. The minimum atomic E-state index is 0.870. The minimum Gasteiger partial charge on any atom is -0.355 e. The Hall–Kier alpha value is -3.33. The molecule has 0 aliphatic carbocycles. The Morgan fingerprint density at radius 2 is 1.14 bits per heavy atom. The molecule has 0 spiro atoms. The molecule has 3 aromatic carbocycles. The van der Waals surface area contributed by atoms with Crippen molar-refractivity contribution in [2.45, 2.75) is 27.7 Å². The Bertz CT molecular complexity index is 1130. The third-order valence-electron chi connectivity index (χ3n) is 5.02. The molecule has 0 amide bonds. The Balaban J connectivity index is 1.82. The van der Waals surface area contributed by atoms with Gasteiger partial charge in [0.15, 0.2) is 0 Å². The van der Waals surface area contributed by atoms with E-state index in [1.165, 1.54) is 16.7 Å². The molecule has 3 nitrogen and oxygen atoms in total. The highest BCUT2D eigenvalue weighted by molar-refractivity contribution is 5.97. The van der Waals surface area contributed by atoms with Crippen LogP contribution in [0.25, 0.3) is 10.9 Å². The van der Waals surface area contributed by atoms with Gasteiger partial charge in [0.05, 0.1) is 11.2 Å². The van der Waals surface area contributed by atoms with E-state index in [-0.39, 0.29) is 0 Å². The van der Waals surface area contributed by atoms with Crippen LogP contribution < -0.4 is 10.6 Å². The number of aromatic nitrogens is 1. The molecule has 4 rings (SSSR count). The Kier molecular flexibility index (Phi) is 4.74. The Labute approximate surface area is 166 Å². The van der Waals surface area contributed by atoms with E-state index in [9.17, 15) is 0 Å². The van der Waals surface area contributed by atoms with Crippen molar-refractivity contribution in [3.05, 3.63) is 89.0 Å². The molecule has 1 heterocycles. The third-order valence-corrected chi connectivity index (χ3v) is 5.02. The maximum absolute atomic E-state index is 4.90. The molecule has 0 unspecified atom stereocenters. The van der Waals surface area contributed by atoms with Gasteiger partial charge in [-0.25, -0.2) is 4.98 Å². The lowest BCUT2D eigenvalue weighted by atomic mass is 10.1. The maximum atomic E-state index is 4.90. The van der Waals surface area contributed by atoms with Crippen molar-refractivity contribution in [1.82, 2.24) is 4.98 Å². The lowest BCUT2D eigenvalue weighted by Gasteiger charge is -2.18. The van der Waals surface area contributed by atoms with E-state index in [2.05, 4.69) is 105 Å². The average molecular weight is 367 g/mol. The van der Waals surface area contributed by atoms with Gasteiger partial charge in [0.25, 0.3) is 0 Å². The number of anilines is 4. The lowest BCUT2D eigenvalue weighted by molar-refractivity contribution is 1.30. The number of nitrogens with zero attached hydrogens (tertiary/aromatic N) is 1. The topological polar surface area (TPSA) is 37.0 Å². The first-order valence-corrected chi connectivity index (χ1v) is 9.58. The van der Waals surface area contributed by atoms with Crippen molar-refractivity contribution < 1.29 is 0 Å². The molecular weight excluding hydrogens is 342 g/mol. The van der Waals surface area contributed by atoms with Gasteiger partial charge >= 0.3 is 0 Å². The Morgan fingerprint density at radius 3 is 1.75 bits per heavy atom. The first-order valence-electron chi connectivity index (χ1n) is 9.58. The fourth-order valence-corrected chi connectivity index (χ4v) is 3.31. The molecule has 4 aromatic rings. The van der Waals surface area contributed by atoms with Crippen molar-refractivity contribution in [3.8, 4) is 0 Å². The van der Waals surface area contributed by atoms with Crippen LogP contribution in [0.3, 0.4) is 0 Å². The van der Waals surface area contributed by atoms with Crippen LogP contribution in [0.4, 0.5) is 22.9 Å². The van der Waals surface area contributed by atoms with Crippen LogP contribution in [0, 0.1) is 27.7 Å². The number of nitrogens with one attached hydrogen (secondary N) is 2. The molecular formula is C25H25N3. The normalized spacial score (nSPS) is 10.9. The van der Waals surface area contributed by atoms with Gasteiger partial charge in [-0.3, -0.25) is 0 Å². The van der Waals surface area contributed by atoms with E-state index in [1.807, 2.05) is 0 Å². The second-order valence-corrected chi connectivity index (χ2v) is 7.46. The van der Waals surface area contributed by atoms with Crippen LogP contribution in [0.1, 0.15) is 22.3 Å². The number of benzene rings is 3. The molecule has 0 bridgehead atoms. The molecule has 0 aliphatic rings. The number of hydrogen-bond donors (Lipinski definition) is 2. The minimum absolute atomic E-state index is 0.870. The van der Waals surface area contributed by atoms with E-state index in [1.54, 1.807) is 0 Å². The summed E-state index contributed by atoms with van der Waals surface area (Å²) in [6.07, 6.45) is 0. The zero-order valence-electron chi connectivity index (χ0n) is 16.8. The van der Waals surface area contributed by atoms with Gasteiger partial charge in [-0.2, -0.15) is 0 Å². The highest BCUT2D eigenvalue weighted by atomic mass is 15.0. The summed E-state index contributed by atoms with van der Waals surface area (Å²) in [5, 5.41) is 8.25. The molecule has 0 saturated carbocycles. The van der Waals surface area contributed by atoms with Crippen molar-refractivity contribution >= 4 is 33.8 Å². The number of pyridine rings is 1. The summed E-state index contributed by atoms with van der Waals surface area (Å²) in [5.41, 5.74) is 8.98. The van der Waals surface area contributed by atoms with E-state index < -0.39 is 0 Å². The molecule has 3 heteroatoms. The maximum Gasteiger partial charge on any atom is 0.136 e. The van der Waals surface area contributed by atoms with Crippen LogP contribution in [-0.4, -0.2) is 4.98 Å². The van der Waals surface area contributed by atoms with Crippen LogP contribution in [0.2, 0.25) is 0 Å². The Morgan fingerprint density at radius 1 is 0.607 bits per heavy atom. The molecule has 1 aromatic heterocycles. The van der Waals surface area contributed by atoms with Crippen molar-refractivity contribution in [2.24, 2.45) is 0 Å². The fraction of sp³-hybridized carbons (Fsp3) is 0.160. The first kappa shape index (κ1) is 18.1. The third kappa shape index (κ3) is 3.70. The summed E-state index contributed by atoms with van der Waals surface area (Å²) in [7, 11) is 0. The SMILES string of the molecule is Cc1ccc(Nc2nc3ccc(C)cc3c(Nc3ccc(C)cc3)c2C)cc1. The summed E-state index contributed by atoms with van der Waals surface area (Å²) in [4.78, 5) is 4.90. The molecule has 0 radical (unpaired) electrons. The van der Waals surface area contributed by atoms with Gasteiger partial charge in [0, 0.05) is 22.3 Å². The number of rotatable bonds is 4. The second-order valence-electron chi connectivity index (χ2n) is 7.46. The summed E-state index contributed by atoms with van der Waals surface area (Å²) in [6.45, 7) is 8.42. The van der Waals surface area contributed by atoms with Gasteiger partial charge in [-0.05, 0) is 64.1 Å². The number of hydrogen-bond acceptors (Lipinski definition) is 3. The summed E-state index contributed by atoms with van der Waals surface area (Å²) < 4.78 is 0. The quantitative estimate of drug-likeness (QED) is 0.409.